The summed E-state index contributed by atoms with van der Waals surface area (Å²) in [7, 11) is 0. The molecule has 0 radical (unpaired) electrons. The van der Waals surface area contributed by atoms with Crippen LogP contribution >= 0.6 is 0 Å². The zero-order valence-electron chi connectivity index (χ0n) is 14.9. The van der Waals surface area contributed by atoms with Crippen LogP contribution in [0.2, 0.25) is 0 Å². The third-order valence-electron chi connectivity index (χ3n) is 3.76. The Balaban J connectivity index is 1.78. The number of carbonyl (C=O) groups is 3. The van der Waals surface area contributed by atoms with Gasteiger partial charge in [0.1, 0.15) is 5.82 Å². The van der Waals surface area contributed by atoms with Crippen molar-refractivity contribution in [1.82, 2.24) is 5.32 Å². The van der Waals surface area contributed by atoms with Gasteiger partial charge in [0.05, 0.1) is 11.3 Å². The highest BCUT2D eigenvalue weighted by molar-refractivity contribution is 6.00. The zero-order valence-corrected chi connectivity index (χ0v) is 14.9. The Morgan fingerprint density at radius 1 is 1.07 bits per heavy atom. The number of hydrogen-bond donors (Lipinski definition) is 1. The van der Waals surface area contributed by atoms with E-state index in [1.165, 1.54) is 43.3 Å². The Labute approximate surface area is 159 Å². The first-order chi connectivity index (χ1) is 13.3. The number of Topliss-reactive ketones (excluding diaryl/α,β-unsaturated/α-hetero) is 1. The van der Waals surface area contributed by atoms with Crippen molar-refractivity contribution in [3.63, 3.8) is 0 Å². The van der Waals surface area contributed by atoms with Crippen molar-refractivity contribution in [3.8, 4) is 0 Å². The van der Waals surface area contributed by atoms with Gasteiger partial charge in [-0.05, 0) is 43.3 Å². The van der Waals surface area contributed by atoms with Crippen LogP contribution in [-0.2, 0) is 9.53 Å². The SMILES string of the molecule is C[C@H](OC(=O)CCNC(=O)c1ccc([N+](=O)[O-])cc1)C(=O)c1ccc(F)cc1. The molecule has 0 saturated carbocycles. The number of amides is 1. The molecular weight excluding hydrogens is 371 g/mol. The fourth-order valence-corrected chi connectivity index (χ4v) is 2.27. The van der Waals surface area contributed by atoms with E-state index in [9.17, 15) is 28.9 Å². The standard InChI is InChI=1S/C19H17FN2O6/c1-12(18(24)13-2-6-15(20)7-3-13)28-17(23)10-11-21-19(25)14-4-8-16(9-5-14)22(26)27/h2-9,12H,10-11H2,1H3,(H,21,25)/t12-/m0/s1. The molecule has 0 aliphatic heterocycles. The maximum absolute atomic E-state index is 12.9. The lowest BCUT2D eigenvalue weighted by Crippen LogP contribution is -2.29. The molecule has 146 valence electrons. The molecule has 8 nitrogen and oxygen atoms in total. The van der Waals surface area contributed by atoms with Crippen LogP contribution < -0.4 is 5.32 Å². The quantitative estimate of drug-likeness (QED) is 0.322. The summed E-state index contributed by atoms with van der Waals surface area (Å²) in [6.07, 6.45) is -1.22. The Morgan fingerprint density at radius 2 is 1.64 bits per heavy atom. The van der Waals surface area contributed by atoms with Crippen molar-refractivity contribution in [3.05, 3.63) is 75.6 Å². The molecule has 1 N–H and O–H groups in total. The lowest BCUT2D eigenvalue weighted by atomic mass is 10.1. The number of rotatable bonds is 8. The molecule has 9 heteroatoms. The molecule has 0 unspecified atom stereocenters. The Kier molecular flexibility index (Phi) is 6.91. The molecule has 2 aromatic carbocycles. The van der Waals surface area contributed by atoms with Gasteiger partial charge in [-0.1, -0.05) is 0 Å². The first kappa shape index (κ1) is 20.7. The normalized spacial score (nSPS) is 11.4. The van der Waals surface area contributed by atoms with Crippen LogP contribution in [0.15, 0.2) is 48.5 Å². The molecule has 0 fully saturated rings. The van der Waals surface area contributed by atoms with E-state index in [4.69, 9.17) is 4.74 Å². The van der Waals surface area contributed by atoms with Crippen molar-refractivity contribution in [2.45, 2.75) is 19.4 Å². The average Bonchev–Trinajstić information content (AvgIpc) is 2.67. The predicted molar refractivity (Wildman–Crippen MR) is 96.3 cm³/mol. The molecule has 0 aromatic heterocycles. The van der Waals surface area contributed by atoms with Crippen molar-refractivity contribution in [2.24, 2.45) is 0 Å². The minimum atomic E-state index is -1.05. The van der Waals surface area contributed by atoms with Gasteiger partial charge >= 0.3 is 5.97 Å². The van der Waals surface area contributed by atoms with E-state index < -0.39 is 34.5 Å². The smallest absolute Gasteiger partial charge is 0.308 e. The lowest BCUT2D eigenvalue weighted by molar-refractivity contribution is -0.384. The predicted octanol–water partition coefficient (Wildman–Crippen LogP) is 2.67. The first-order valence-electron chi connectivity index (χ1n) is 8.30. The maximum Gasteiger partial charge on any atom is 0.308 e. The summed E-state index contributed by atoms with van der Waals surface area (Å²) in [5, 5.41) is 13.1. The molecule has 1 amide bonds. The van der Waals surface area contributed by atoms with Crippen molar-refractivity contribution in [1.29, 1.82) is 0 Å². The van der Waals surface area contributed by atoms with Crippen molar-refractivity contribution >= 4 is 23.3 Å². The Bertz CT molecular complexity index is 880. The number of nitro benzene ring substituents is 1. The molecule has 2 rings (SSSR count). The molecule has 0 aliphatic carbocycles. The Morgan fingerprint density at radius 3 is 2.21 bits per heavy atom. The van der Waals surface area contributed by atoms with Crippen LogP contribution in [0.4, 0.5) is 10.1 Å². The highest BCUT2D eigenvalue weighted by Crippen LogP contribution is 2.12. The van der Waals surface area contributed by atoms with E-state index >= 15 is 0 Å². The van der Waals surface area contributed by atoms with Gasteiger partial charge in [-0.3, -0.25) is 24.5 Å². The number of ketones is 1. The Hall–Kier alpha value is -3.62. The summed E-state index contributed by atoms with van der Waals surface area (Å²) < 4.78 is 17.9. The number of nitro groups is 1. The van der Waals surface area contributed by atoms with E-state index in [1.807, 2.05) is 0 Å². The van der Waals surface area contributed by atoms with Crippen molar-refractivity contribution in [2.75, 3.05) is 6.54 Å². The lowest BCUT2D eigenvalue weighted by Gasteiger charge is -2.12. The summed E-state index contributed by atoms with van der Waals surface area (Å²) in [6.45, 7) is 1.37. The van der Waals surface area contributed by atoms with E-state index in [1.54, 1.807) is 0 Å². The van der Waals surface area contributed by atoms with E-state index in [2.05, 4.69) is 5.32 Å². The number of ether oxygens (including phenoxy) is 1. The fraction of sp³-hybridized carbons (Fsp3) is 0.211. The number of non-ortho nitro benzene ring substituents is 1. The number of nitrogens with one attached hydrogen (secondary N) is 1. The summed E-state index contributed by atoms with van der Waals surface area (Å²) in [5.41, 5.74) is 0.284. The first-order valence-corrected chi connectivity index (χ1v) is 8.30. The van der Waals surface area contributed by atoms with Crippen LogP contribution in [0, 0.1) is 15.9 Å². The van der Waals surface area contributed by atoms with E-state index in [-0.39, 0.29) is 29.8 Å². The molecule has 0 aliphatic rings. The second-order valence-electron chi connectivity index (χ2n) is 5.81. The van der Waals surface area contributed by atoms with Gasteiger partial charge in [0.2, 0.25) is 5.78 Å². The topological polar surface area (TPSA) is 116 Å². The molecular formula is C19H17FN2O6. The summed E-state index contributed by atoms with van der Waals surface area (Å²) >= 11 is 0. The monoisotopic (exact) mass is 388 g/mol. The molecule has 28 heavy (non-hydrogen) atoms. The summed E-state index contributed by atoms with van der Waals surface area (Å²) in [6, 6.07) is 9.87. The zero-order chi connectivity index (χ0) is 20.7. The highest BCUT2D eigenvalue weighted by atomic mass is 19.1. The van der Waals surface area contributed by atoms with Crippen LogP contribution in [0.3, 0.4) is 0 Å². The van der Waals surface area contributed by atoms with Crippen LogP contribution in [-0.4, -0.2) is 35.2 Å². The van der Waals surface area contributed by atoms with Gasteiger partial charge in [-0.2, -0.15) is 0 Å². The van der Waals surface area contributed by atoms with Crippen LogP contribution in [0.5, 0.6) is 0 Å². The molecule has 0 saturated heterocycles. The minimum absolute atomic E-state index is 0.0356. The van der Waals surface area contributed by atoms with Gasteiger partial charge in [-0.15, -0.1) is 0 Å². The van der Waals surface area contributed by atoms with E-state index in [0.717, 1.165) is 12.1 Å². The van der Waals surface area contributed by atoms with Gasteiger partial charge in [0, 0.05) is 29.8 Å². The van der Waals surface area contributed by atoms with Gasteiger partial charge < -0.3 is 10.1 Å². The number of esters is 1. The van der Waals surface area contributed by atoms with Gasteiger partial charge in [-0.25, -0.2) is 4.39 Å². The molecule has 0 heterocycles. The summed E-state index contributed by atoms with van der Waals surface area (Å²) in [5.74, 6) is -2.14. The van der Waals surface area contributed by atoms with Gasteiger partial charge in [0.15, 0.2) is 6.10 Å². The van der Waals surface area contributed by atoms with Gasteiger partial charge in [0.25, 0.3) is 11.6 Å². The third-order valence-corrected chi connectivity index (χ3v) is 3.76. The minimum Gasteiger partial charge on any atom is -0.454 e. The number of carbonyl (C=O) groups excluding carboxylic acids is 3. The number of hydrogen-bond acceptors (Lipinski definition) is 6. The largest absolute Gasteiger partial charge is 0.454 e. The fourth-order valence-electron chi connectivity index (χ4n) is 2.27. The molecule has 1 atom stereocenters. The van der Waals surface area contributed by atoms with Crippen LogP contribution in [0.1, 0.15) is 34.1 Å². The summed E-state index contributed by atoms with van der Waals surface area (Å²) in [4.78, 5) is 45.9. The maximum atomic E-state index is 12.9. The van der Waals surface area contributed by atoms with Crippen LogP contribution in [0.25, 0.3) is 0 Å². The number of nitrogens with zero attached hydrogens (tertiary/aromatic N) is 1. The molecule has 0 bridgehead atoms. The number of halogens is 1. The highest BCUT2D eigenvalue weighted by Gasteiger charge is 2.19. The number of benzene rings is 2. The third kappa shape index (κ3) is 5.70. The second-order valence-corrected chi connectivity index (χ2v) is 5.81. The second kappa shape index (κ2) is 9.36. The molecule has 2 aromatic rings. The van der Waals surface area contributed by atoms with E-state index in [0.29, 0.717) is 0 Å². The molecule has 0 spiro atoms. The average molecular weight is 388 g/mol. The van der Waals surface area contributed by atoms with Crippen molar-refractivity contribution < 1.29 is 28.4 Å².